The number of ether oxygens (including phenoxy) is 1. The summed E-state index contributed by atoms with van der Waals surface area (Å²) in [6, 6.07) is 1.97. The normalized spacial score (nSPS) is 26.0. The third-order valence-corrected chi connectivity index (χ3v) is 4.18. The minimum absolute atomic E-state index is 0.124. The van der Waals surface area contributed by atoms with Gasteiger partial charge in [0, 0.05) is 24.6 Å². The summed E-state index contributed by atoms with van der Waals surface area (Å²) in [5, 5.41) is 6.96. The molecule has 1 amide bonds. The standard InChI is InChI=1S/C16H24N2O3/c1-10(2)7-13-8-12(5-6-20-13)17-16(19)14-9-15(21-18-14)11-3-4-11/h9-13H,3-8H2,1-2H3,(H,17,19). The number of hydrogen-bond acceptors (Lipinski definition) is 4. The fourth-order valence-corrected chi connectivity index (χ4v) is 2.92. The predicted octanol–water partition coefficient (Wildman–Crippen LogP) is 2.88. The molecule has 0 bridgehead atoms. The third-order valence-electron chi connectivity index (χ3n) is 4.18. The van der Waals surface area contributed by atoms with Crippen LogP contribution in [0, 0.1) is 5.92 Å². The molecule has 1 saturated carbocycles. The van der Waals surface area contributed by atoms with Crippen LogP contribution in [0.2, 0.25) is 0 Å². The number of aromatic nitrogens is 1. The van der Waals surface area contributed by atoms with Gasteiger partial charge in [0.25, 0.3) is 5.91 Å². The maximum Gasteiger partial charge on any atom is 0.273 e. The summed E-state index contributed by atoms with van der Waals surface area (Å²) < 4.78 is 11.0. The van der Waals surface area contributed by atoms with E-state index in [2.05, 4.69) is 24.3 Å². The Bertz CT molecular complexity index is 493. The van der Waals surface area contributed by atoms with E-state index in [0.717, 1.165) is 37.9 Å². The van der Waals surface area contributed by atoms with Crippen molar-refractivity contribution in [2.24, 2.45) is 5.92 Å². The number of carbonyl (C=O) groups excluding carboxylic acids is 1. The maximum absolute atomic E-state index is 12.2. The van der Waals surface area contributed by atoms with E-state index in [9.17, 15) is 4.79 Å². The first-order chi connectivity index (χ1) is 10.1. The van der Waals surface area contributed by atoms with Crippen molar-refractivity contribution in [1.29, 1.82) is 0 Å². The zero-order valence-electron chi connectivity index (χ0n) is 12.8. The van der Waals surface area contributed by atoms with Crippen LogP contribution < -0.4 is 5.32 Å². The van der Waals surface area contributed by atoms with E-state index in [1.54, 1.807) is 6.07 Å². The molecule has 0 radical (unpaired) electrons. The zero-order chi connectivity index (χ0) is 14.8. The van der Waals surface area contributed by atoms with Gasteiger partial charge in [-0.25, -0.2) is 0 Å². The van der Waals surface area contributed by atoms with Crippen molar-refractivity contribution in [3.05, 3.63) is 17.5 Å². The van der Waals surface area contributed by atoms with Crippen molar-refractivity contribution >= 4 is 5.91 Å². The Hall–Kier alpha value is -1.36. The highest BCUT2D eigenvalue weighted by molar-refractivity contribution is 5.92. The van der Waals surface area contributed by atoms with Crippen LogP contribution in [0.1, 0.15) is 68.1 Å². The third kappa shape index (κ3) is 3.84. The van der Waals surface area contributed by atoms with Gasteiger partial charge in [0.1, 0.15) is 5.76 Å². The number of nitrogens with zero attached hydrogens (tertiary/aromatic N) is 1. The molecule has 2 aliphatic rings. The van der Waals surface area contributed by atoms with Crippen molar-refractivity contribution in [2.45, 2.75) is 64.0 Å². The molecule has 2 heterocycles. The van der Waals surface area contributed by atoms with Gasteiger partial charge in [-0.3, -0.25) is 4.79 Å². The van der Waals surface area contributed by atoms with E-state index in [4.69, 9.17) is 9.26 Å². The Balaban J connectivity index is 1.53. The van der Waals surface area contributed by atoms with E-state index in [1.807, 2.05) is 0 Å². The average molecular weight is 292 g/mol. The summed E-state index contributed by atoms with van der Waals surface area (Å²) >= 11 is 0. The van der Waals surface area contributed by atoms with Crippen LogP contribution >= 0.6 is 0 Å². The molecule has 5 nitrogen and oxygen atoms in total. The second-order valence-corrected chi connectivity index (χ2v) is 6.71. The van der Waals surface area contributed by atoms with Crippen LogP contribution in [0.4, 0.5) is 0 Å². The minimum atomic E-state index is -0.124. The molecule has 1 saturated heterocycles. The lowest BCUT2D eigenvalue weighted by molar-refractivity contribution is -0.00851. The Morgan fingerprint density at radius 1 is 1.43 bits per heavy atom. The largest absolute Gasteiger partial charge is 0.378 e. The number of rotatable bonds is 5. The number of amides is 1. The van der Waals surface area contributed by atoms with E-state index >= 15 is 0 Å². The summed E-state index contributed by atoms with van der Waals surface area (Å²) in [4.78, 5) is 12.2. The number of carbonyl (C=O) groups is 1. The molecule has 1 aromatic heterocycles. The van der Waals surface area contributed by atoms with Crippen molar-refractivity contribution < 1.29 is 14.1 Å². The van der Waals surface area contributed by atoms with E-state index in [-0.39, 0.29) is 18.1 Å². The fourth-order valence-electron chi connectivity index (χ4n) is 2.92. The first-order valence-electron chi connectivity index (χ1n) is 8.01. The second-order valence-electron chi connectivity index (χ2n) is 6.71. The zero-order valence-corrected chi connectivity index (χ0v) is 12.8. The van der Waals surface area contributed by atoms with Crippen LogP contribution in [-0.4, -0.2) is 29.8 Å². The molecule has 21 heavy (non-hydrogen) atoms. The smallest absolute Gasteiger partial charge is 0.273 e. The van der Waals surface area contributed by atoms with E-state index in [0.29, 0.717) is 24.1 Å². The number of nitrogens with one attached hydrogen (secondary N) is 1. The van der Waals surface area contributed by atoms with Crippen molar-refractivity contribution in [1.82, 2.24) is 10.5 Å². The van der Waals surface area contributed by atoms with E-state index in [1.165, 1.54) is 0 Å². The quantitative estimate of drug-likeness (QED) is 0.906. The lowest BCUT2D eigenvalue weighted by atomic mass is 9.96. The molecule has 1 N–H and O–H groups in total. The SMILES string of the molecule is CC(C)CC1CC(NC(=O)c2cc(C3CC3)on2)CCO1. The van der Waals surface area contributed by atoms with E-state index < -0.39 is 0 Å². The monoisotopic (exact) mass is 292 g/mol. The van der Waals surface area contributed by atoms with Gasteiger partial charge in [0.15, 0.2) is 5.69 Å². The van der Waals surface area contributed by atoms with Gasteiger partial charge < -0.3 is 14.6 Å². The molecule has 0 spiro atoms. The van der Waals surface area contributed by atoms with Crippen LogP contribution in [0.5, 0.6) is 0 Å². The molecular weight excluding hydrogens is 268 g/mol. The molecule has 2 fully saturated rings. The highest BCUT2D eigenvalue weighted by atomic mass is 16.5. The van der Waals surface area contributed by atoms with Crippen molar-refractivity contribution in [2.75, 3.05) is 6.61 Å². The Kier molecular flexibility index (Phi) is 4.29. The van der Waals surface area contributed by atoms with Gasteiger partial charge in [0.2, 0.25) is 0 Å². The highest BCUT2D eigenvalue weighted by Gasteiger charge is 2.30. The molecule has 3 rings (SSSR count). The van der Waals surface area contributed by atoms with Crippen molar-refractivity contribution in [3.8, 4) is 0 Å². The van der Waals surface area contributed by atoms with Gasteiger partial charge in [-0.2, -0.15) is 0 Å². The minimum Gasteiger partial charge on any atom is -0.378 e. The first kappa shape index (κ1) is 14.6. The summed E-state index contributed by atoms with van der Waals surface area (Å²) in [7, 11) is 0. The molecule has 1 aliphatic heterocycles. The van der Waals surface area contributed by atoms with Crippen molar-refractivity contribution in [3.63, 3.8) is 0 Å². The summed E-state index contributed by atoms with van der Waals surface area (Å²) in [5.41, 5.74) is 0.406. The molecule has 1 aliphatic carbocycles. The van der Waals surface area contributed by atoms with Gasteiger partial charge in [-0.15, -0.1) is 0 Å². The van der Waals surface area contributed by atoms with Crippen LogP contribution in [0.3, 0.4) is 0 Å². The molecule has 0 aromatic carbocycles. The average Bonchev–Trinajstić information content (AvgIpc) is 3.16. The highest BCUT2D eigenvalue weighted by Crippen LogP contribution is 2.40. The Labute approximate surface area is 125 Å². The Morgan fingerprint density at radius 3 is 2.95 bits per heavy atom. The fraction of sp³-hybridized carbons (Fsp3) is 0.750. The predicted molar refractivity (Wildman–Crippen MR) is 78.2 cm³/mol. The summed E-state index contributed by atoms with van der Waals surface area (Å²) in [6.45, 7) is 5.11. The molecule has 2 unspecified atom stereocenters. The summed E-state index contributed by atoms with van der Waals surface area (Å²) in [5.74, 6) is 1.82. The molecule has 116 valence electrons. The summed E-state index contributed by atoms with van der Waals surface area (Å²) in [6.07, 6.45) is 5.34. The number of hydrogen-bond donors (Lipinski definition) is 1. The maximum atomic E-state index is 12.2. The molecular formula is C16H24N2O3. The topological polar surface area (TPSA) is 64.4 Å². The van der Waals surface area contributed by atoms with Gasteiger partial charge in [-0.1, -0.05) is 19.0 Å². The molecule has 5 heteroatoms. The van der Waals surface area contributed by atoms with Gasteiger partial charge >= 0.3 is 0 Å². The lowest BCUT2D eigenvalue weighted by Crippen LogP contribution is -2.42. The van der Waals surface area contributed by atoms with Gasteiger partial charge in [0.05, 0.1) is 6.10 Å². The molecule has 2 atom stereocenters. The molecule has 1 aromatic rings. The lowest BCUT2D eigenvalue weighted by Gasteiger charge is -2.30. The van der Waals surface area contributed by atoms with Crippen LogP contribution in [0.15, 0.2) is 10.6 Å². The van der Waals surface area contributed by atoms with Crippen LogP contribution in [0.25, 0.3) is 0 Å². The second kappa shape index (κ2) is 6.18. The van der Waals surface area contributed by atoms with Gasteiger partial charge in [-0.05, 0) is 38.0 Å². The first-order valence-corrected chi connectivity index (χ1v) is 8.01. The van der Waals surface area contributed by atoms with Crippen LogP contribution in [-0.2, 0) is 4.74 Å². The Morgan fingerprint density at radius 2 is 2.24 bits per heavy atom.